The molecule has 1 fully saturated rings. The van der Waals surface area contributed by atoms with Crippen LogP contribution in [0.2, 0.25) is 0 Å². The normalized spacial score (nSPS) is 28.4. The van der Waals surface area contributed by atoms with Crippen molar-refractivity contribution >= 4 is 11.7 Å². The Balaban J connectivity index is 2.09. The van der Waals surface area contributed by atoms with Crippen molar-refractivity contribution < 1.29 is 14.7 Å². The van der Waals surface area contributed by atoms with Crippen LogP contribution in [0.1, 0.15) is 27.9 Å². The summed E-state index contributed by atoms with van der Waals surface area (Å²) in [5.41, 5.74) is -1.42. The van der Waals surface area contributed by atoms with Gasteiger partial charge in [-0.1, -0.05) is 54.6 Å². The SMILES string of the molecule is CN(C)N1C(=O)CC2(c3ccccc3)C(=O)c3ccccc3C12O. The van der Waals surface area contributed by atoms with Crippen molar-refractivity contribution in [1.29, 1.82) is 0 Å². The monoisotopic (exact) mass is 322 g/mol. The summed E-state index contributed by atoms with van der Waals surface area (Å²) in [4.78, 5) is 26.1. The zero-order valence-corrected chi connectivity index (χ0v) is 13.6. The quantitative estimate of drug-likeness (QED) is 0.914. The third kappa shape index (κ3) is 1.51. The standard InChI is InChI=1S/C19H18N2O3/c1-20(2)21-16(22)12-18(13-8-4-3-5-9-13)17(23)14-10-6-7-11-15(14)19(18,21)24/h3-11,24H,12H2,1-2H3. The lowest BCUT2D eigenvalue weighted by Crippen LogP contribution is -2.57. The number of hydrogen-bond acceptors (Lipinski definition) is 4. The van der Waals surface area contributed by atoms with E-state index in [1.165, 1.54) is 5.01 Å². The number of fused-ring (bicyclic) bond motifs is 3. The summed E-state index contributed by atoms with van der Waals surface area (Å²) in [6.45, 7) is 0. The molecule has 1 N–H and O–H groups in total. The van der Waals surface area contributed by atoms with Crippen molar-refractivity contribution in [2.24, 2.45) is 0 Å². The fourth-order valence-electron chi connectivity index (χ4n) is 4.25. The number of amides is 1. The number of carbonyl (C=O) groups is 2. The van der Waals surface area contributed by atoms with Crippen LogP contribution in [0.15, 0.2) is 54.6 Å². The second-order valence-electron chi connectivity index (χ2n) is 6.55. The van der Waals surface area contributed by atoms with Gasteiger partial charge in [-0.2, -0.15) is 0 Å². The Labute approximate surface area is 140 Å². The molecule has 122 valence electrons. The van der Waals surface area contributed by atoms with Crippen molar-refractivity contribution in [2.45, 2.75) is 17.6 Å². The molecule has 2 unspecified atom stereocenters. The zero-order valence-electron chi connectivity index (χ0n) is 13.6. The minimum absolute atomic E-state index is 0.0563. The van der Waals surface area contributed by atoms with E-state index >= 15 is 0 Å². The molecule has 1 amide bonds. The second-order valence-corrected chi connectivity index (χ2v) is 6.55. The van der Waals surface area contributed by atoms with Gasteiger partial charge in [-0.05, 0) is 5.56 Å². The smallest absolute Gasteiger partial charge is 0.241 e. The largest absolute Gasteiger partial charge is 0.365 e. The highest BCUT2D eigenvalue weighted by Crippen LogP contribution is 2.59. The predicted molar refractivity (Wildman–Crippen MR) is 87.9 cm³/mol. The van der Waals surface area contributed by atoms with Gasteiger partial charge in [0.2, 0.25) is 5.91 Å². The fraction of sp³-hybridized carbons (Fsp3) is 0.263. The van der Waals surface area contributed by atoms with Crippen LogP contribution in [0.4, 0.5) is 0 Å². The lowest BCUT2D eigenvalue weighted by molar-refractivity contribution is -0.200. The molecule has 0 radical (unpaired) electrons. The first-order valence-electron chi connectivity index (χ1n) is 7.87. The molecule has 5 nitrogen and oxygen atoms in total. The number of benzene rings is 2. The number of ketones is 1. The lowest BCUT2D eigenvalue weighted by Gasteiger charge is -2.42. The van der Waals surface area contributed by atoms with Crippen LogP contribution < -0.4 is 0 Å². The molecule has 1 aliphatic carbocycles. The van der Waals surface area contributed by atoms with Crippen LogP contribution in [0.25, 0.3) is 0 Å². The summed E-state index contributed by atoms with van der Waals surface area (Å²) in [6, 6.07) is 16.1. The van der Waals surface area contributed by atoms with Crippen molar-refractivity contribution in [3.63, 3.8) is 0 Å². The molecular formula is C19H18N2O3. The van der Waals surface area contributed by atoms with Gasteiger partial charge < -0.3 is 5.11 Å². The number of Topliss-reactive ketones (excluding diaryl/α,β-unsaturated/α-hetero) is 1. The van der Waals surface area contributed by atoms with E-state index in [4.69, 9.17) is 0 Å². The summed E-state index contributed by atoms with van der Waals surface area (Å²) >= 11 is 0. The Kier molecular flexibility index (Phi) is 2.98. The molecule has 1 saturated heterocycles. The van der Waals surface area contributed by atoms with Gasteiger partial charge in [0.1, 0.15) is 5.41 Å². The molecule has 4 rings (SSSR count). The Morgan fingerprint density at radius 3 is 2.29 bits per heavy atom. The zero-order chi connectivity index (χ0) is 17.1. The van der Waals surface area contributed by atoms with Crippen LogP contribution in [-0.2, 0) is 15.9 Å². The van der Waals surface area contributed by atoms with E-state index in [-0.39, 0.29) is 18.1 Å². The highest BCUT2D eigenvalue weighted by Gasteiger charge is 2.73. The van der Waals surface area contributed by atoms with E-state index in [9.17, 15) is 14.7 Å². The third-order valence-electron chi connectivity index (χ3n) is 5.16. The number of carbonyl (C=O) groups excluding carboxylic acids is 2. The van der Waals surface area contributed by atoms with Crippen LogP contribution in [0.5, 0.6) is 0 Å². The van der Waals surface area contributed by atoms with Crippen LogP contribution in [0, 0.1) is 0 Å². The van der Waals surface area contributed by atoms with Gasteiger partial charge in [-0.15, -0.1) is 0 Å². The maximum Gasteiger partial charge on any atom is 0.241 e. The summed E-state index contributed by atoms with van der Waals surface area (Å²) < 4.78 is 0. The second kappa shape index (κ2) is 4.75. The topological polar surface area (TPSA) is 60.9 Å². The Bertz CT molecular complexity index is 849. The van der Waals surface area contributed by atoms with Crippen molar-refractivity contribution in [3.8, 4) is 0 Å². The fourth-order valence-corrected chi connectivity index (χ4v) is 4.25. The van der Waals surface area contributed by atoms with Gasteiger partial charge in [0, 0.05) is 25.2 Å². The molecule has 2 aromatic carbocycles. The van der Waals surface area contributed by atoms with E-state index < -0.39 is 11.1 Å². The highest BCUT2D eigenvalue weighted by atomic mass is 16.3. The average Bonchev–Trinajstić information content (AvgIpc) is 2.93. The van der Waals surface area contributed by atoms with Gasteiger partial charge >= 0.3 is 0 Å². The highest BCUT2D eigenvalue weighted by molar-refractivity contribution is 6.14. The van der Waals surface area contributed by atoms with Crippen molar-refractivity contribution in [2.75, 3.05) is 14.1 Å². The molecule has 0 saturated carbocycles. The van der Waals surface area contributed by atoms with Gasteiger partial charge in [-0.25, -0.2) is 10.0 Å². The van der Waals surface area contributed by atoms with Crippen molar-refractivity contribution in [1.82, 2.24) is 10.0 Å². The Morgan fingerprint density at radius 1 is 1.00 bits per heavy atom. The first kappa shape index (κ1) is 15.1. The molecule has 5 heteroatoms. The van der Waals surface area contributed by atoms with Gasteiger partial charge in [-0.3, -0.25) is 9.59 Å². The number of rotatable bonds is 2. The molecule has 0 bridgehead atoms. The van der Waals surface area contributed by atoms with Crippen molar-refractivity contribution in [3.05, 3.63) is 71.3 Å². The van der Waals surface area contributed by atoms with Crippen LogP contribution in [0.3, 0.4) is 0 Å². The molecule has 2 aromatic rings. The molecular weight excluding hydrogens is 304 g/mol. The van der Waals surface area contributed by atoms with E-state index in [0.29, 0.717) is 16.7 Å². The molecule has 24 heavy (non-hydrogen) atoms. The summed E-state index contributed by atoms with van der Waals surface area (Å²) in [7, 11) is 3.39. The number of aliphatic hydroxyl groups is 1. The van der Waals surface area contributed by atoms with Crippen LogP contribution in [-0.4, -0.2) is 40.9 Å². The summed E-state index contributed by atoms with van der Waals surface area (Å²) in [5, 5.41) is 14.7. The molecule has 0 aromatic heterocycles. The molecule has 1 heterocycles. The van der Waals surface area contributed by atoms with Gasteiger partial charge in [0.05, 0.1) is 6.42 Å². The van der Waals surface area contributed by atoms with E-state index in [0.717, 1.165) is 0 Å². The molecule has 1 aliphatic heterocycles. The van der Waals surface area contributed by atoms with E-state index in [2.05, 4.69) is 0 Å². The minimum atomic E-state index is -1.72. The predicted octanol–water partition coefficient (Wildman–Crippen LogP) is 1.67. The van der Waals surface area contributed by atoms with Gasteiger partial charge in [0.15, 0.2) is 11.5 Å². The number of hydrogen-bond donors (Lipinski definition) is 1. The first-order chi connectivity index (χ1) is 11.4. The first-order valence-corrected chi connectivity index (χ1v) is 7.87. The molecule has 2 atom stereocenters. The Hall–Kier alpha value is -2.50. The van der Waals surface area contributed by atoms with E-state index in [1.54, 1.807) is 55.5 Å². The third-order valence-corrected chi connectivity index (χ3v) is 5.16. The maximum absolute atomic E-state index is 13.4. The average molecular weight is 322 g/mol. The van der Waals surface area contributed by atoms with Crippen LogP contribution >= 0.6 is 0 Å². The molecule has 2 aliphatic rings. The summed E-state index contributed by atoms with van der Waals surface area (Å²) in [5.74, 6) is -0.473. The lowest BCUT2D eigenvalue weighted by atomic mass is 9.71. The summed E-state index contributed by atoms with van der Waals surface area (Å²) in [6.07, 6.45) is -0.0563. The maximum atomic E-state index is 13.4. The number of hydrazine groups is 1. The van der Waals surface area contributed by atoms with Gasteiger partial charge in [0.25, 0.3) is 0 Å². The minimum Gasteiger partial charge on any atom is -0.365 e. The molecule has 0 spiro atoms. The Morgan fingerprint density at radius 2 is 1.62 bits per heavy atom. The number of nitrogens with zero attached hydrogens (tertiary/aromatic N) is 2. The van der Waals surface area contributed by atoms with E-state index in [1.807, 2.05) is 18.2 Å².